The highest BCUT2D eigenvalue weighted by Gasteiger charge is 2.28. The van der Waals surface area contributed by atoms with Gasteiger partial charge in [0.1, 0.15) is 12.2 Å². The summed E-state index contributed by atoms with van der Waals surface area (Å²) in [6, 6.07) is 17.7. The molecule has 0 saturated heterocycles. The second-order valence-electron chi connectivity index (χ2n) is 8.83. The summed E-state index contributed by atoms with van der Waals surface area (Å²) in [6.45, 7) is 10.0. The number of anilines is 3. The number of fused-ring (bicyclic) bond motifs is 1. The van der Waals surface area contributed by atoms with Gasteiger partial charge in [-0.2, -0.15) is 0 Å². The van der Waals surface area contributed by atoms with E-state index in [2.05, 4.69) is 54.2 Å². The number of nitrogens with one attached hydrogen (secondary N) is 1. The van der Waals surface area contributed by atoms with Crippen LogP contribution in [0.5, 0.6) is 0 Å². The van der Waals surface area contributed by atoms with Crippen LogP contribution in [0.1, 0.15) is 43.9 Å². The maximum Gasteiger partial charge on any atom is 0.244 e. The summed E-state index contributed by atoms with van der Waals surface area (Å²) in [5.74, 6) is -0.102. The third-order valence-corrected chi connectivity index (χ3v) is 6.51. The van der Waals surface area contributed by atoms with Gasteiger partial charge in [0, 0.05) is 30.7 Å². The molecule has 7 heteroatoms. The van der Waals surface area contributed by atoms with Crippen LogP contribution in [0.3, 0.4) is 0 Å². The molecule has 1 aliphatic rings. The monoisotopic (exact) mass is 483 g/mol. The summed E-state index contributed by atoms with van der Waals surface area (Å²) in [4.78, 5) is 39.3. The SMILES string of the molecule is CCc1ccc(C2=Nc3cccnc3N(CC(=O)Nc3ccc(N(CC)CC)cc3C)C(=O)C2)cc1. The Kier molecular flexibility index (Phi) is 7.78. The van der Waals surface area contributed by atoms with Gasteiger partial charge in [0.15, 0.2) is 5.82 Å². The molecule has 1 N–H and O–H groups in total. The first kappa shape index (κ1) is 25.1. The molecule has 2 aromatic carbocycles. The molecule has 4 rings (SSSR count). The number of carbonyl (C=O) groups excluding carboxylic acids is 2. The standard InChI is InChI=1S/C29H33N5O2/c1-5-21-10-12-22(13-11-21)26-18-28(36)34(29-25(31-26)9-8-16-30-29)19-27(35)32-24-15-14-23(17-20(24)4)33(6-2)7-3/h8-17H,5-7,18-19H2,1-4H3,(H,32,35). The average Bonchev–Trinajstić information content (AvgIpc) is 3.02. The lowest BCUT2D eigenvalue weighted by atomic mass is 10.0. The second kappa shape index (κ2) is 11.2. The molecule has 1 aromatic heterocycles. The van der Waals surface area contributed by atoms with Crippen LogP contribution in [-0.2, 0) is 16.0 Å². The van der Waals surface area contributed by atoms with E-state index in [-0.39, 0.29) is 24.8 Å². The lowest BCUT2D eigenvalue weighted by molar-refractivity contribution is -0.120. The number of hydrogen-bond acceptors (Lipinski definition) is 5. The van der Waals surface area contributed by atoms with Gasteiger partial charge < -0.3 is 10.2 Å². The van der Waals surface area contributed by atoms with Crippen molar-refractivity contribution < 1.29 is 9.59 Å². The van der Waals surface area contributed by atoms with Crippen LogP contribution < -0.4 is 15.1 Å². The van der Waals surface area contributed by atoms with Gasteiger partial charge in [0.25, 0.3) is 0 Å². The Labute approximate surface area is 212 Å². The van der Waals surface area contributed by atoms with Crippen molar-refractivity contribution in [2.24, 2.45) is 4.99 Å². The number of benzene rings is 2. The number of nitrogens with zero attached hydrogens (tertiary/aromatic N) is 4. The Morgan fingerprint density at radius 2 is 1.81 bits per heavy atom. The first-order valence-electron chi connectivity index (χ1n) is 12.5. The number of aryl methyl sites for hydroxylation is 2. The zero-order valence-electron chi connectivity index (χ0n) is 21.4. The third kappa shape index (κ3) is 5.46. The van der Waals surface area contributed by atoms with Gasteiger partial charge in [0.05, 0.1) is 12.1 Å². The largest absolute Gasteiger partial charge is 0.372 e. The summed E-state index contributed by atoms with van der Waals surface area (Å²) in [5.41, 5.74) is 6.17. The van der Waals surface area contributed by atoms with Gasteiger partial charge in [-0.1, -0.05) is 31.2 Å². The van der Waals surface area contributed by atoms with E-state index in [9.17, 15) is 9.59 Å². The highest BCUT2D eigenvalue weighted by Crippen LogP contribution is 2.31. The summed E-state index contributed by atoms with van der Waals surface area (Å²) in [5, 5.41) is 2.97. The molecule has 0 aliphatic carbocycles. The maximum atomic E-state index is 13.3. The number of aromatic nitrogens is 1. The molecule has 0 radical (unpaired) electrons. The normalized spacial score (nSPS) is 13.1. The van der Waals surface area contributed by atoms with Crippen molar-refractivity contribution >= 4 is 40.4 Å². The van der Waals surface area contributed by atoms with Crippen LogP contribution in [0.15, 0.2) is 65.8 Å². The van der Waals surface area contributed by atoms with E-state index in [0.717, 1.165) is 42.0 Å². The molecule has 2 amide bonds. The highest BCUT2D eigenvalue weighted by molar-refractivity contribution is 6.18. The Morgan fingerprint density at radius 1 is 1.06 bits per heavy atom. The molecule has 0 atom stereocenters. The van der Waals surface area contributed by atoms with Crippen molar-refractivity contribution in [3.8, 4) is 0 Å². The smallest absolute Gasteiger partial charge is 0.244 e. The fourth-order valence-electron chi connectivity index (χ4n) is 4.39. The van der Waals surface area contributed by atoms with Crippen LogP contribution in [0.4, 0.5) is 22.9 Å². The van der Waals surface area contributed by atoms with Crippen LogP contribution in [0, 0.1) is 6.92 Å². The Hall–Kier alpha value is -4.00. The van der Waals surface area contributed by atoms with E-state index in [0.29, 0.717) is 17.2 Å². The average molecular weight is 484 g/mol. The summed E-state index contributed by atoms with van der Waals surface area (Å²) < 4.78 is 0. The molecule has 0 unspecified atom stereocenters. The molecule has 0 bridgehead atoms. The number of amides is 2. The molecule has 186 valence electrons. The zero-order chi connectivity index (χ0) is 25.7. The van der Waals surface area contributed by atoms with Crippen molar-refractivity contribution in [1.82, 2.24) is 4.98 Å². The first-order chi connectivity index (χ1) is 17.4. The number of hydrogen-bond donors (Lipinski definition) is 1. The zero-order valence-corrected chi connectivity index (χ0v) is 21.4. The van der Waals surface area contributed by atoms with Crippen molar-refractivity contribution in [3.63, 3.8) is 0 Å². The predicted molar refractivity (Wildman–Crippen MR) is 147 cm³/mol. The minimum atomic E-state index is -0.283. The predicted octanol–water partition coefficient (Wildman–Crippen LogP) is 5.29. The second-order valence-corrected chi connectivity index (χ2v) is 8.83. The lowest BCUT2D eigenvalue weighted by Crippen LogP contribution is -2.39. The number of aliphatic imine (C=N–C) groups is 1. The molecule has 7 nitrogen and oxygen atoms in total. The molecule has 0 fully saturated rings. The fraction of sp³-hybridized carbons (Fsp3) is 0.310. The Morgan fingerprint density at radius 3 is 2.47 bits per heavy atom. The van der Waals surface area contributed by atoms with Crippen LogP contribution in [0.2, 0.25) is 0 Å². The topological polar surface area (TPSA) is 77.9 Å². The van der Waals surface area contributed by atoms with Gasteiger partial charge in [-0.3, -0.25) is 14.5 Å². The van der Waals surface area contributed by atoms with Crippen molar-refractivity contribution in [3.05, 3.63) is 77.5 Å². The number of carbonyl (C=O) groups is 2. The number of pyridine rings is 1. The Bertz CT molecular complexity index is 1280. The highest BCUT2D eigenvalue weighted by atomic mass is 16.2. The minimum Gasteiger partial charge on any atom is -0.372 e. The van der Waals surface area contributed by atoms with Gasteiger partial charge in [-0.05, 0) is 74.2 Å². The van der Waals surface area contributed by atoms with Gasteiger partial charge >= 0.3 is 0 Å². The molecule has 2 heterocycles. The van der Waals surface area contributed by atoms with E-state index in [1.54, 1.807) is 12.3 Å². The van der Waals surface area contributed by atoms with Crippen LogP contribution >= 0.6 is 0 Å². The van der Waals surface area contributed by atoms with E-state index >= 15 is 0 Å². The van der Waals surface area contributed by atoms with Crippen LogP contribution in [-0.4, -0.2) is 42.1 Å². The van der Waals surface area contributed by atoms with Gasteiger partial charge in [-0.25, -0.2) is 9.98 Å². The molecule has 3 aromatic rings. The number of rotatable bonds is 8. The summed E-state index contributed by atoms with van der Waals surface area (Å²) in [6.07, 6.45) is 2.65. The van der Waals surface area contributed by atoms with Crippen molar-refractivity contribution in [2.75, 3.05) is 34.8 Å². The maximum absolute atomic E-state index is 13.3. The molecule has 0 saturated carbocycles. The minimum absolute atomic E-state index is 0.0900. The van der Waals surface area contributed by atoms with Gasteiger partial charge in [-0.15, -0.1) is 0 Å². The van der Waals surface area contributed by atoms with E-state index < -0.39 is 0 Å². The fourth-order valence-corrected chi connectivity index (χ4v) is 4.39. The molecular weight excluding hydrogens is 450 g/mol. The molecule has 36 heavy (non-hydrogen) atoms. The lowest BCUT2D eigenvalue weighted by Gasteiger charge is -2.23. The summed E-state index contributed by atoms with van der Waals surface area (Å²) in [7, 11) is 0. The van der Waals surface area contributed by atoms with E-state index in [1.807, 2.05) is 37.3 Å². The molecule has 0 spiro atoms. The quantitative estimate of drug-likeness (QED) is 0.472. The van der Waals surface area contributed by atoms with Gasteiger partial charge in [0.2, 0.25) is 11.8 Å². The summed E-state index contributed by atoms with van der Waals surface area (Å²) >= 11 is 0. The molecule has 1 aliphatic heterocycles. The Balaban J connectivity index is 1.54. The van der Waals surface area contributed by atoms with Crippen molar-refractivity contribution in [2.45, 2.75) is 40.5 Å². The van der Waals surface area contributed by atoms with Crippen LogP contribution in [0.25, 0.3) is 0 Å². The van der Waals surface area contributed by atoms with Crippen molar-refractivity contribution in [1.29, 1.82) is 0 Å². The van der Waals surface area contributed by atoms with E-state index in [1.165, 1.54) is 10.5 Å². The first-order valence-corrected chi connectivity index (χ1v) is 12.5. The van der Waals surface area contributed by atoms with E-state index in [4.69, 9.17) is 4.99 Å². The third-order valence-electron chi connectivity index (χ3n) is 6.51. The molecular formula is C29H33N5O2.